The summed E-state index contributed by atoms with van der Waals surface area (Å²) in [5.74, 6) is -1.24. The van der Waals surface area contributed by atoms with Gasteiger partial charge in [-0.15, -0.1) is 0 Å². The SMILES string of the molecule is C=C1CC(C(=O)OC)(C(=O)OC)CCC1C(OC)OC. The molecule has 0 spiro atoms. The highest BCUT2D eigenvalue weighted by atomic mass is 16.7. The molecule has 0 amide bonds. The monoisotopic (exact) mass is 286 g/mol. The molecule has 1 saturated carbocycles. The van der Waals surface area contributed by atoms with Gasteiger partial charge in [-0.1, -0.05) is 12.2 Å². The van der Waals surface area contributed by atoms with Crippen molar-refractivity contribution in [2.45, 2.75) is 25.6 Å². The van der Waals surface area contributed by atoms with Gasteiger partial charge in [0.15, 0.2) is 11.7 Å². The summed E-state index contributed by atoms with van der Waals surface area (Å²) in [6, 6.07) is 0. The lowest BCUT2D eigenvalue weighted by molar-refractivity contribution is -0.175. The zero-order chi connectivity index (χ0) is 15.3. The predicted molar refractivity (Wildman–Crippen MR) is 70.8 cm³/mol. The zero-order valence-electron chi connectivity index (χ0n) is 12.4. The third-order valence-corrected chi connectivity index (χ3v) is 3.88. The lowest BCUT2D eigenvalue weighted by Crippen LogP contribution is -2.46. The summed E-state index contributed by atoms with van der Waals surface area (Å²) in [4.78, 5) is 24.0. The van der Waals surface area contributed by atoms with E-state index in [-0.39, 0.29) is 12.3 Å². The second-order valence-corrected chi connectivity index (χ2v) is 4.89. The van der Waals surface area contributed by atoms with Crippen LogP contribution in [0.5, 0.6) is 0 Å². The fourth-order valence-corrected chi connectivity index (χ4v) is 2.79. The highest BCUT2D eigenvalue weighted by molar-refractivity contribution is 6.00. The molecule has 0 radical (unpaired) electrons. The Morgan fingerprint density at radius 3 is 2.00 bits per heavy atom. The predicted octanol–water partition coefficient (Wildman–Crippen LogP) is 1.29. The first-order valence-electron chi connectivity index (χ1n) is 6.37. The second-order valence-electron chi connectivity index (χ2n) is 4.89. The van der Waals surface area contributed by atoms with Crippen LogP contribution >= 0.6 is 0 Å². The Hall–Kier alpha value is -1.40. The first-order valence-corrected chi connectivity index (χ1v) is 6.37. The summed E-state index contributed by atoms with van der Waals surface area (Å²) >= 11 is 0. The summed E-state index contributed by atoms with van der Waals surface area (Å²) in [7, 11) is 5.61. The lowest BCUT2D eigenvalue weighted by Gasteiger charge is -2.38. The van der Waals surface area contributed by atoms with Crippen molar-refractivity contribution in [3.8, 4) is 0 Å². The molecule has 0 saturated heterocycles. The van der Waals surface area contributed by atoms with Gasteiger partial charge in [0.1, 0.15) is 0 Å². The van der Waals surface area contributed by atoms with Crippen molar-refractivity contribution >= 4 is 11.9 Å². The standard InChI is InChI=1S/C14H22O6/c1-9-8-14(12(15)19-4,13(16)20-5)7-6-10(9)11(17-2)18-3/h10-11H,1,6-8H2,2-5H3. The van der Waals surface area contributed by atoms with Crippen LogP contribution in [0, 0.1) is 11.3 Å². The molecule has 0 aromatic heterocycles. The maximum Gasteiger partial charge on any atom is 0.323 e. The number of rotatable bonds is 5. The van der Waals surface area contributed by atoms with E-state index in [0.717, 1.165) is 5.57 Å². The topological polar surface area (TPSA) is 71.1 Å². The van der Waals surface area contributed by atoms with Gasteiger partial charge in [0.25, 0.3) is 0 Å². The number of ether oxygens (including phenoxy) is 4. The highest BCUT2D eigenvalue weighted by Gasteiger charge is 2.52. The molecule has 1 rings (SSSR count). The lowest BCUT2D eigenvalue weighted by atomic mass is 9.68. The molecule has 1 unspecified atom stereocenters. The molecule has 6 heteroatoms. The van der Waals surface area contributed by atoms with Crippen LogP contribution in [0.1, 0.15) is 19.3 Å². The van der Waals surface area contributed by atoms with E-state index in [1.807, 2.05) is 0 Å². The van der Waals surface area contributed by atoms with Gasteiger partial charge in [-0.3, -0.25) is 9.59 Å². The summed E-state index contributed by atoms with van der Waals surface area (Å²) in [6.45, 7) is 3.97. The number of carbonyl (C=O) groups is 2. The molecule has 114 valence electrons. The van der Waals surface area contributed by atoms with Crippen LogP contribution in [0.25, 0.3) is 0 Å². The van der Waals surface area contributed by atoms with Gasteiger partial charge in [0.2, 0.25) is 0 Å². The van der Waals surface area contributed by atoms with Gasteiger partial charge in [0.05, 0.1) is 14.2 Å². The molecule has 1 fully saturated rings. The van der Waals surface area contributed by atoms with Crippen molar-refractivity contribution in [3.05, 3.63) is 12.2 Å². The normalized spacial score (nSPS) is 21.6. The summed E-state index contributed by atoms with van der Waals surface area (Å²) in [6.07, 6.45) is 0.602. The van der Waals surface area contributed by atoms with Gasteiger partial charge in [0, 0.05) is 20.1 Å². The van der Waals surface area contributed by atoms with Crippen molar-refractivity contribution in [2.24, 2.45) is 11.3 Å². The fourth-order valence-electron chi connectivity index (χ4n) is 2.79. The summed E-state index contributed by atoms with van der Waals surface area (Å²) in [5.41, 5.74) is -0.580. The van der Waals surface area contributed by atoms with E-state index in [9.17, 15) is 9.59 Å². The minimum atomic E-state index is -1.30. The van der Waals surface area contributed by atoms with Gasteiger partial charge in [-0.2, -0.15) is 0 Å². The van der Waals surface area contributed by atoms with Crippen LogP contribution in [0.2, 0.25) is 0 Å². The Kier molecular flexibility index (Phi) is 5.71. The van der Waals surface area contributed by atoms with E-state index in [2.05, 4.69) is 6.58 Å². The molecule has 0 aromatic rings. The maximum atomic E-state index is 12.0. The number of esters is 2. The fraction of sp³-hybridized carbons (Fsp3) is 0.714. The van der Waals surface area contributed by atoms with E-state index in [1.165, 1.54) is 14.2 Å². The molecular weight excluding hydrogens is 264 g/mol. The quantitative estimate of drug-likeness (QED) is 0.328. The number of hydrogen-bond donors (Lipinski definition) is 0. The van der Waals surface area contributed by atoms with Crippen LogP contribution in [-0.4, -0.2) is 46.7 Å². The molecular formula is C14H22O6. The third kappa shape index (κ3) is 2.86. The van der Waals surface area contributed by atoms with Crippen LogP contribution in [-0.2, 0) is 28.5 Å². The number of carbonyl (C=O) groups excluding carboxylic acids is 2. The Balaban J connectivity index is 2.98. The van der Waals surface area contributed by atoms with Gasteiger partial charge in [-0.05, 0) is 19.3 Å². The van der Waals surface area contributed by atoms with Crippen LogP contribution in [0.3, 0.4) is 0 Å². The molecule has 1 aliphatic carbocycles. The summed E-state index contributed by atoms with van der Waals surface area (Å²) < 4.78 is 20.0. The van der Waals surface area contributed by atoms with Crippen molar-refractivity contribution in [3.63, 3.8) is 0 Å². The van der Waals surface area contributed by atoms with Crippen molar-refractivity contribution in [1.29, 1.82) is 0 Å². The molecule has 1 aliphatic rings. The van der Waals surface area contributed by atoms with Gasteiger partial charge >= 0.3 is 11.9 Å². The maximum absolute atomic E-state index is 12.0. The third-order valence-electron chi connectivity index (χ3n) is 3.88. The first-order chi connectivity index (χ1) is 9.46. The molecule has 0 aromatic carbocycles. The largest absolute Gasteiger partial charge is 0.468 e. The Morgan fingerprint density at radius 1 is 1.15 bits per heavy atom. The smallest absolute Gasteiger partial charge is 0.323 e. The second kappa shape index (κ2) is 6.85. The average molecular weight is 286 g/mol. The molecule has 6 nitrogen and oxygen atoms in total. The molecule has 0 aliphatic heterocycles. The van der Waals surface area contributed by atoms with Gasteiger partial charge < -0.3 is 18.9 Å². The van der Waals surface area contributed by atoms with E-state index in [4.69, 9.17) is 18.9 Å². The average Bonchev–Trinajstić information content (AvgIpc) is 2.48. The van der Waals surface area contributed by atoms with E-state index in [0.29, 0.717) is 12.8 Å². The van der Waals surface area contributed by atoms with Gasteiger partial charge in [-0.25, -0.2) is 0 Å². The Labute approximate surface area is 119 Å². The first kappa shape index (κ1) is 16.7. The van der Waals surface area contributed by atoms with Crippen molar-refractivity contribution in [2.75, 3.05) is 28.4 Å². The van der Waals surface area contributed by atoms with Crippen LogP contribution in [0.4, 0.5) is 0 Å². The van der Waals surface area contributed by atoms with E-state index in [1.54, 1.807) is 14.2 Å². The van der Waals surface area contributed by atoms with Crippen LogP contribution in [0.15, 0.2) is 12.2 Å². The Morgan fingerprint density at radius 2 is 1.65 bits per heavy atom. The van der Waals surface area contributed by atoms with E-state index >= 15 is 0 Å². The minimum Gasteiger partial charge on any atom is -0.468 e. The zero-order valence-corrected chi connectivity index (χ0v) is 12.4. The summed E-state index contributed by atoms with van der Waals surface area (Å²) in [5, 5.41) is 0. The van der Waals surface area contributed by atoms with E-state index < -0.39 is 23.6 Å². The molecule has 0 bridgehead atoms. The molecule has 1 atom stereocenters. The van der Waals surface area contributed by atoms with Crippen molar-refractivity contribution < 1.29 is 28.5 Å². The van der Waals surface area contributed by atoms with Crippen LogP contribution < -0.4 is 0 Å². The molecule has 0 heterocycles. The number of hydrogen-bond acceptors (Lipinski definition) is 6. The number of methoxy groups -OCH3 is 4. The minimum absolute atomic E-state index is 0.0626. The Bertz CT molecular complexity index is 369. The van der Waals surface area contributed by atoms with Crippen molar-refractivity contribution in [1.82, 2.24) is 0 Å². The molecule has 0 N–H and O–H groups in total. The highest BCUT2D eigenvalue weighted by Crippen LogP contribution is 2.44. The molecule has 20 heavy (non-hydrogen) atoms.